The lowest BCUT2D eigenvalue weighted by Crippen LogP contribution is -2.38. The van der Waals surface area contributed by atoms with Gasteiger partial charge in [0.1, 0.15) is 23.7 Å². The van der Waals surface area contributed by atoms with Gasteiger partial charge < -0.3 is 15.4 Å². The lowest BCUT2D eigenvalue weighted by Gasteiger charge is -2.16. The molecule has 0 radical (unpaired) electrons. The van der Waals surface area contributed by atoms with Crippen molar-refractivity contribution >= 4 is 40.0 Å². The number of hydrogen-bond donors (Lipinski definition) is 4. The maximum Gasteiger partial charge on any atom is 0.141 e. The Morgan fingerprint density at radius 2 is 1.83 bits per heavy atom. The Morgan fingerprint density at radius 1 is 0.972 bits per heavy atom. The van der Waals surface area contributed by atoms with E-state index in [4.69, 9.17) is 9.72 Å². The molecule has 3 fully saturated rings. The van der Waals surface area contributed by atoms with Gasteiger partial charge in [0.15, 0.2) is 0 Å². The summed E-state index contributed by atoms with van der Waals surface area (Å²) in [5, 5.41) is 7.35. The first kappa shape index (κ1) is 23.7. The molecule has 0 bridgehead atoms. The van der Waals surface area contributed by atoms with Crippen LogP contribution in [-0.2, 0) is 0 Å². The topological polar surface area (TPSA) is 99.3 Å². The molecule has 1 aliphatic carbocycles. The van der Waals surface area contributed by atoms with E-state index in [0.717, 1.165) is 46.4 Å². The van der Waals surface area contributed by atoms with Crippen LogP contribution in [0.15, 0.2) is 42.9 Å². The quantitative estimate of drug-likeness (QED) is 0.336. The van der Waals surface area contributed by atoms with E-state index in [1.54, 1.807) is 12.4 Å². The van der Waals surface area contributed by atoms with E-state index in [9.17, 15) is 0 Å². The second-order valence-corrected chi connectivity index (χ2v) is 11.1. The maximum atomic E-state index is 5.94. The molecule has 2 aliphatic heterocycles. The van der Waals surface area contributed by atoms with Gasteiger partial charge >= 0.3 is 0 Å². The lowest BCUT2D eigenvalue weighted by molar-refractivity contribution is 0.237. The summed E-state index contributed by atoms with van der Waals surface area (Å²) in [6.45, 7) is 3.99. The van der Waals surface area contributed by atoms with Crippen LogP contribution in [0.3, 0.4) is 0 Å². The van der Waals surface area contributed by atoms with E-state index in [-0.39, 0.29) is 5.50 Å². The third kappa shape index (κ3) is 5.83. The van der Waals surface area contributed by atoms with Crippen molar-refractivity contribution in [1.82, 2.24) is 30.7 Å². The predicted molar refractivity (Wildman–Crippen MR) is 145 cm³/mol. The highest BCUT2D eigenvalue weighted by molar-refractivity contribution is 8.00. The van der Waals surface area contributed by atoms with Gasteiger partial charge in [-0.3, -0.25) is 14.9 Å². The zero-order chi connectivity index (χ0) is 24.2. The molecule has 2 saturated heterocycles. The summed E-state index contributed by atoms with van der Waals surface area (Å²) in [6, 6.07) is 7.99. The Kier molecular flexibility index (Phi) is 7.36. The van der Waals surface area contributed by atoms with E-state index in [0.29, 0.717) is 12.0 Å². The van der Waals surface area contributed by atoms with Gasteiger partial charge in [-0.05, 0) is 62.9 Å². The standard InChI is InChI=1S/C26H34N8OS/c1-2-6-18(5-1)25-32-33-26(36-25)31-24-8-7-22-23(30-24)14-20(16-28-22)29-19-13-21(17-27-15-19)35-12-11-34-9-3-4-10-34/h7-8,13-18,25-26,29,32-33H,1-6,9-12H2,(H,30,31). The van der Waals surface area contributed by atoms with Gasteiger partial charge in [-0.1, -0.05) is 24.6 Å². The lowest BCUT2D eigenvalue weighted by atomic mass is 10.1. The number of anilines is 3. The largest absolute Gasteiger partial charge is 0.491 e. The first-order chi connectivity index (χ1) is 17.8. The summed E-state index contributed by atoms with van der Waals surface area (Å²) in [7, 11) is 0. The molecule has 3 aromatic heterocycles. The Labute approximate surface area is 216 Å². The van der Waals surface area contributed by atoms with Crippen molar-refractivity contribution in [1.29, 1.82) is 0 Å². The van der Waals surface area contributed by atoms with Crippen molar-refractivity contribution in [3.8, 4) is 5.75 Å². The van der Waals surface area contributed by atoms with Crippen LogP contribution in [0.4, 0.5) is 17.2 Å². The molecule has 5 heterocycles. The second-order valence-electron chi connectivity index (χ2n) is 9.80. The Bertz CT molecular complexity index is 1170. The normalized spacial score (nSPS) is 22.9. The number of thioether (sulfide) groups is 1. The van der Waals surface area contributed by atoms with Crippen LogP contribution in [0.1, 0.15) is 38.5 Å². The number of nitrogens with zero attached hydrogens (tertiary/aromatic N) is 4. The van der Waals surface area contributed by atoms with E-state index >= 15 is 0 Å². The fraction of sp³-hybridized carbons (Fsp3) is 0.500. The van der Waals surface area contributed by atoms with Crippen LogP contribution in [0.5, 0.6) is 5.75 Å². The number of rotatable bonds is 9. The van der Waals surface area contributed by atoms with Crippen molar-refractivity contribution in [2.45, 2.75) is 49.4 Å². The number of pyridine rings is 3. The van der Waals surface area contributed by atoms with Crippen LogP contribution in [-0.4, -0.2) is 57.0 Å². The molecular weight excluding hydrogens is 472 g/mol. The Morgan fingerprint density at radius 3 is 2.72 bits per heavy atom. The first-order valence-electron chi connectivity index (χ1n) is 13.1. The predicted octanol–water partition coefficient (Wildman–Crippen LogP) is 4.30. The Hall–Kier alpha value is -2.66. The summed E-state index contributed by atoms with van der Waals surface area (Å²) < 4.78 is 5.94. The number of ether oxygens (including phenoxy) is 1. The molecule has 0 aromatic carbocycles. The zero-order valence-corrected chi connectivity index (χ0v) is 21.3. The SMILES string of the molecule is c1ncc(OCCN2CCCC2)cc1Nc1cnc2ccc(NC3NNC(C4CCCC4)S3)nc2c1. The van der Waals surface area contributed by atoms with E-state index in [2.05, 4.69) is 36.4 Å². The molecular formula is C26H34N8OS. The minimum atomic E-state index is 0.0918. The number of aromatic nitrogens is 3. The maximum absolute atomic E-state index is 5.94. The monoisotopic (exact) mass is 506 g/mol. The van der Waals surface area contributed by atoms with Crippen LogP contribution < -0.4 is 26.2 Å². The molecule has 6 rings (SSSR count). The zero-order valence-electron chi connectivity index (χ0n) is 20.4. The molecule has 3 aromatic rings. The summed E-state index contributed by atoms with van der Waals surface area (Å²) in [5.74, 6) is 2.35. The molecule has 3 aliphatic rings. The molecule has 1 saturated carbocycles. The number of nitrogens with one attached hydrogen (secondary N) is 4. The number of likely N-dealkylation sites (tertiary alicyclic amines) is 1. The van der Waals surface area contributed by atoms with E-state index in [1.165, 1.54) is 51.6 Å². The van der Waals surface area contributed by atoms with E-state index in [1.807, 2.05) is 42.2 Å². The van der Waals surface area contributed by atoms with Gasteiger partial charge in [-0.2, -0.15) is 0 Å². The van der Waals surface area contributed by atoms with Gasteiger partial charge in [0.2, 0.25) is 0 Å². The van der Waals surface area contributed by atoms with Crippen molar-refractivity contribution in [2.75, 3.05) is 36.9 Å². The molecule has 4 N–H and O–H groups in total. The average Bonchev–Trinajstić information content (AvgIpc) is 3.67. The molecule has 9 nitrogen and oxygen atoms in total. The Balaban J connectivity index is 1.07. The fourth-order valence-electron chi connectivity index (χ4n) is 5.25. The molecule has 36 heavy (non-hydrogen) atoms. The van der Waals surface area contributed by atoms with Crippen molar-refractivity contribution < 1.29 is 4.74 Å². The number of hydrazine groups is 1. The first-order valence-corrected chi connectivity index (χ1v) is 14.0. The molecule has 0 amide bonds. The highest BCUT2D eigenvalue weighted by Gasteiger charge is 2.32. The van der Waals surface area contributed by atoms with Gasteiger partial charge in [0.25, 0.3) is 0 Å². The van der Waals surface area contributed by atoms with Gasteiger partial charge in [-0.25, -0.2) is 15.8 Å². The van der Waals surface area contributed by atoms with Crippen molar-refractivity contribution in [3.05, 3.63) is 42.9 Å². The van der Waals surface area contributed by atoms with Crippen molar-refractivity contribution in [2.24, 2.45) is 5.92 Å². The minimum Gasteiger partial charge on any atom is -0.491 e. The van der Waals surface area contributed by atoms with Crippen LogP contribution in [0.2, 0.25) is 0 Å². The van der Waals surface area contributed by atoms with Crippen LogP contribution in [0.25, 0.3) is 11.0 Å². The smallest absolute Gasteiger partial charge is 0.141 e. The third-order valence-corrected chi connectivity index (χ3v) is 8.46. The summed E-state index contributed by atoms with van der Waals surface area (Å²) in [6.07, 6.45) is 13.3. The molecule has 10 heteroatoms. The second kappa shape index (κ2) is 11.2. The molecule has 2 atom stereocenters. The van der Waals surface area contributed by atoms with Crippen LogP contribution in [0, 0.1) is 5.92 Å². The molecule has 190 valence electrons. The summed E-state index contributed by atoms with van der Waals surface area (Å²) in [4.78, 5) is 16.2. The van der Waals surface area contributed by atoms with Gasteiger partial charge in [-0.15, -0.1) is 0 Å². The van der Waals surface area contributed by atoms with Gasteiger partial charge in [0, 0.05) is 12.6 Å². The highest BCUT2D eigenvalue weighted by Crippen LogP contribution is 2.36. The molecule has 2 unspecified atom stereocenters. The van der Waals surface area contributed by atoms with Crippen LogP contribution >= 0.6 is 11.8 Å². The summed E-state index contributed by atoms with van der Waals surface area (Å²) in [5.41, 5.74) is 10.3. The number of hydrogen-bond acceptors (Lipinski definition) is 10. The highest BCUT2D eigenvalue weighted by atomic mass is 32.2. The van der Waals surface area contributed by atoms with Gasteiger partial charge in [0.05, 0.1) is 46.4 Å². The minimum absolute atomic E-state index is 0.0918. The average molecular weight is 507 g/mol. The number of fused-ring (bicyclic) bond motifs is 1. The van der Waals surface area contributed by atoms with E-state index < -0.39 is 0 Å². The fourth-order valence-corrected chi connectivity index (χ4v) is 6.50. The molecule has 0 spiro atoms. The van der Waals surface area contributed by atoms with Crippen molar-refractivity contribution in [3.63, 3.8) is 0 Å². The third-order valence-electron chi connectivity index (χ3n) is 7.16. The summed E-state index contributed by atoms with van der Waals surface area (Å²) >= 11 is 1.90.